The number of rotatable bonds is 8. The van der Waals surface area contributed by atoms with Gasteiger partial charge in [0.05, 0.1) is 5.52 Å². The van der Waals surface area contributed by atoms with Crippen LogP contribution in [0.5, 0.6) is 0 Å². The lowest BCUT2D eigenvalue weighted by atomic mass is 9.74. The van der Waals surface area contributed by atoms with E-state index in [9.17, 15) is 0 Å². The summed E-state index contributed by atoms with van der Waals surface area (Å²) in [5.41, 5.74) is 7.67. The average Bonchev–Trinajstić information content (AvgIpc) is 2.90. The van der Waals surface area contributed by atoms with Gasteiger partial charge in [0.15, 0.2) is 0 Å². The number of nitrogens with zero attached hydrogens (tertiary/aromatic N) is 2. The first-order valence-corrected chi connectivity index (χ1v) is 13.1. The normalized spacial score (nSPS) is 13.4. The Morgan fingerprint density at radius 3 is 2.28 bits per heavy atom. The molecule has 1 unspecified atom stereocenters. The highest BCUT2D eigenvalue weighted by molar-refractivity contribution is 5.86. The molecular weight excluding hydrogens is 436 g/mol. The summed E-state index contributed by atoms with van der Waals surface area (Å²) in [6, 6.07) is 35.9. The van der Waals surface area contributed by atoms with Gasteiger partial charge < -0.3 is 4.90 Å². The smallest absolute Gasteiger partial charge is 0.0708 e. The Morgan fingerprint density at radius 1 is 0.750 bits per heavy atom. The average molecular weight is 473 g/mol. The molecule has 0 spiro atoms. The predicted octanol–water partition coefficient (Wildman–Crippen LogP) is 8.13. The minimum atomic E-state index is 0.231. The van der Waals surface area contributed by atoms with Gasteiger partial charge in [-0.3, -0.25) is 4.98 Å². The molecule has 0 aliphatic rings. The van der Waals surface area contributed by atoms with Gasteiger partial charge in [0.2, 0.25) is 0 Å². The molecule has 5 aromatic rings. The Morgan fingerprint density at radius 2 is 1.50 bits per heavy atom. The van der Waals surface area contributed by atoms with Gasteiger partial charge >= 0.3 is 0 Å². The molecule has 2 atom stereocenters. The van der Waals surface area contributed by atoms with Gasteiger partial charge in [-0.25, -0.2) is 0 Å². The molecule has 0 fully saturated rings. The molecule has 4 aromatic carbocycles. The van der Waals surface area contributed by atoms with E-state index in [4.69, 9.17) is 4.98 Å². The lowest BCUT2D eigenvalue weighted by molar-refractivity contribution is 0.372. The standard InChI is InChI=1S/C34H36N2/c1-5-25-22-28-18-19-29(23-33(28)35-24(25)2)34(27-13-7-6-8-14-27)32(20-21-36(3)4)31-17-11-15-26-12-9-10-16-30(26)31/h6-19,22-23,32,34H,5,20-21H2,1-4H3/t32?,34-/m0/s1. The fourth-order valence-corrected chi connectivity index (χ4v) is 5.67. The molecular formula is C34H36N2. The number of hydrogen-bond donors (Lipinski definition) is 0. The monoisotopic (exact) mass is 472 g/mol. The van der Waals surface area contributed by atoms with Gasteiger partial charge in [0.25, 0.3) is 0 Å². The van der Waals surface area contributed by atoms with Crippen molar-refractivity contribution < 1.29 is 0 Å². The summed E-state index contributed by atoms with van der Waals surface area (Å²) >= 11 is 0. The lowest BCUT2D eigenvalue weighted by Gasteiger charge is -2.31. The van der Waals surface area contributed by atoms with E-state index in [1.807, 2.05) is 0 Å². The maximum Gasteiger partial charge on any atom is 0.0708 e. The van der Waals surface area contributed by atoms with Gasteiger partial charge in [-0.15, -0.1) is 0 Å². The summed E-state index contributed by atoms with van der Waals surface area (Å²) in [4.78, 5) is 7.33. The van der Waals surface area contributed by atoms with Crippen LogP contribution in [-0.4, -0.2) is 30.5 Å². The summed E-state index contributed by atoms with van der Waals surface area (Å²) in [7, 11) is 4.34. The first-order chi connectivity index (χ1) is 17.5. The van der Waals surface area contributed by atoms with Crippen LogP contribution in [0.25, 0.3) is 21.7 Å². The highest BCUT2D eigenvalue weighted by Gasteiger charge is 2.28. The Kier molecular flexibility index (Phi) is 7.16. The van der Waals surface area contributed by atoms with Crippen molar-refractivity contribution in [1.82, 2.24) is 9.88 Å². The van der Waals surface area contributed by atoms with E-state index in [-0.39, 0.29) is 5.92 Å². The van der Waals surface area contributed by atoms with Crippen LogP contribution in [0.1, 0.15) is 53.1 Å². The van der Waals surface area contributed by atoms with Gasteiger partial charge in [0, 0.05) is 17.0 Å². The van der Waals surface area contributed by atoms with E-state index in [2.05, 4.69) is 130 Å². The molecule has 0 radical (unpaired) electrons. The zero-order valence-corrected chi connectivity index (χ0v) is 21.9. The van der Waals surface area contributed by atoms with Gasteiger partial charge in [-0.2, -0.15) is 0 Å². The Balaban J connectivity index is 1.72. The number of aromatic nitrogens is 1. The van der Waals surface area contributed by atoms with E-state index in [1.54, 1.807) is 0 Å². The van der Waals surface area contributed by atoms with Crippen molar-refractivity contribution in [3.8, 4) is 0 Å². The Bertz CT molecular complexity index is 1460. The molecule has 5 rings (SSSR count). The predicted molar refractivity (Wildman–Crippen MR) is 154 cm³/mol. The molecule has 1 heterocycles. The fourth-order valence-electron chi connectivity index (χ4n) is 5.67. The van der Waals surface area contributed by atoms with Crippen LogP contribution < -0.4 is 0 Å². The molecule has 0 bridgehead atoms. The number of benzene rings is 4. The molecule has 0 N–H and O–H groups in total. The zero-order chi connectivity index (χ0) is 25.1. The first-order valence-electron chi connectivity index (χ1n) is 13.1. The molecule has 0 amide bonds. The zero-order valence-electron chi connectivity index (χ0n) is 21.9. The quantitative estimate of drug-likeness (QED) is 0.227. The van der Waals surface area contributed by atoms with Gasteiger partial charge in [0.1, 0.15) is 0 Å². The second kappa shape index (κ2) is 10.6. The van der Waals surface area contributed by atoms with Crippen molar-refractivity contribution >= 4 is 21.7 Å². The minimum Gasteiger partial charge on any atom is -0.309 e. The maximum absolute atomic E-state index is 5.03. The summed E-state index contributed by atoms with van der Waals surface area (Å²) in [6.45, 7) is 5.37. The van der Waals surface area contributed by atoms with Crippen LogP contribution in [0, 0.1) is 6.92 Å². The summed E-state index contributed by atoms with van der Waals surface area (Å²) < 4.78 is 0. The van der Waals surface area contributed by atoms with Crippen molar-refractivity contribution in [2.45, 2.75) is 38.5 Å². The van der Waals surface area contributed by atoms with Crippen LogP contribution in [0.2, 0.25) is 0 Å². The number of hydrogen-bond acceptors (Lipinski definition) is 2. The van der Waals surface area contributed by atoms with E-state index >= 15 is 0 Å². The third-order valence-corrected chi connectivity index (χ3v) is 7.55. The Hall–Kier alpha value is -3.49. The molecule has 0 aliphatic heterocycles. The number of pyridine rings is 1. The molecule has 1 aromatic heterocycles. The van der Waals surface area contributed by atoms with Crippen LogP contribution >= 0.6 is 0 Å². The van der Waals surface area contributed by atoms with Crippen LogP contribution in [0.15, 0.2) is 97.1 Å². The minimum absolute atomic E-state index is 0.231. The Labute approximate surface area is 215 Å². The van der Waals surface area contributed by atoms with E-state index in [0.29, 0.717) is 5.92 Å². The molecule has 0 saturated heterocycles. The van der Waals surface area contributed by atoms with Gasteiger partial charge in [-0.1, -0.05) is 91.9 Å². The third-order valence-electron chi connectivity index (χ3n) is 7.55. The summed E-state index contributed by atoms with van der Waals surface area (Å²) in [6.07, 6.45) is 2.08. The number of fused-ring (bicyclic) bond motifs is 2. The largest absolute Gasteiger partial charge is 0.309 e. The second-order valence-electron chi connectivity index (χ2n) is 10.2. The number of aryl methyl sites for hydroxylation is 2. The topological polar surface area (TPSA) is 16.1 Å². The fraction of sp³-hybridized carbons (Fsp3) is 0.265. The molecule has 2 heteroatoms. The molecule has 182 valence electrons. The second-order valence-corrected chi connectivity index (χ2v) is 10.2. The van der Waals surface area contributed by atoms with E-state index < -0.39 is 0 Å². The first kappa shape index (κ1) is 24.2. The van der Waals surface area contributed by atoms with E-state index in [1.165, 1.54) is 38.4 Å². The van der Waals surface area contributed by atoms with Crippen molar-refractivity contribution in [1.29, 1.82) is 0 Å². The molecule has 0 saturated carbocycles. The maximum atomic E-state index is 5.03. The lowest BCUT2D eigenvalue weighted by Crippen LogP contribution is -2.21. The van der Waals surface area contributed by atoms with Crippen molar-refractivity contribution in [3.05, 3.63) is 125 Å². The highest BCUT2D eigenvalue weighted by Crippen LogP contribution is 2.43. The van der Waals surface area contributed by atoms with Crippen LogP contribution in [-0.2, 0) is 6.42 Å². The van der Waals surface area contributed by atoms with Crippen molar-refractivity contribution in [3.63, 3.8) is 0 Å². The van der Waals surface area contributed by atoms with Crippen molar-refractivity contribution in [2.75, 3.05) is 20.6 Å². The van der Waals surface area contributed by atoms with E-state index in [0.717, 1.165) is 30.6 Å². The van der Waals surface area contributed by atoms with Crippen molar-refractivity contribution in [2.24, 2.45) is 0 Å². The summed E-state index contributed by atoms with van der Waals surface area (Å²) in [5.74, 6) is 0.559. The molecule has 2 nitrogen and oxygen atoms in total. The van der Waals surface area contributed by atoms with Gasteiger partial charge in [-0.05, 0) is 91.5 Å². The van der Waals surface area contributed by atoms with Crippen LogP contribution in [0.4, 0.5) is 0 Å². The molecule has 36 heavy (non-hydrogen) atoms. The third kappa shape index (κ3) is 4.92. The molecule has 0 aliphatic carbocycles. The summed E-state index contributed by atoms with van der Waals surface area (Å²) in [5, 5.41) is 3.88. The SMILES string of the molecule is CCc1cc2ccc([C@H](c3ccccc3)C(CCN(C)C)c3cccc4ccccc34)cc2nc1C. The highest BCUT2D eigenvalue weighted by atomic mass is 15.0. The van der Waals surface area contributed by atoms with Crippen LogP contribution in [0.3, 0.4) is 0 Å².